The summed E-state index contributed by atoms with van der Waals surface area (Å²) in [6.07, 6.45) is 1.45. The van der Waals surface area contributed by atoms with E-state index in [0.717, 1.165) is 0 Å². The van der Waals surface area contributed by atoms with E-state index in [2.05, 4.69) is 6.58 Å². The minimum Gasteiger partial charge on any atom is -0.404 e. The summed E-state index contributed by atoms with van der Waals surface area (Å²) in [7, 11) is 0. The SMILES string of the molecule is C=C[C@H](N)c1ccc([N+](=O)[O-])o1. The van der Waals surface area contributed by atoms with Crippen LogP contribution in [0.5, 0.6) is 0 Å². The highest BCUT2D eigenvalue weighted by molar-refractivity contribution is 5.21. The molecule has 64 valence electrons. The Morgan fingerprint density at radius 1 is 1.75 bits per heavy atom. The molecular weight excluding hydrogens is 160 g/mol. The maximum atomic E-state index is 10.2. The van der Waals surface area contributed by atoms with Gasteiger partial charge in [-0.1, -0.05) is 6.08 Å². The average molecular weight is 168 g/mol. The molecule has 0 aliphatic rings. The molecule has 0 aliphatic heterocycles. The molecule has 1 aromatic rings. The summed E-state index contributed by atoms with van der Waals surface area (Å²) in [5.41, 5.74) is 5.47. The standard InChI is InChI=1S/C7H8N2O3/c1-2-5(8)6-3-4-7(12-6)9(10)11/h2-5H,1,8H2/t5-/m0/s1. The molecule has 12 heavy (non-hydrogen) atoms. The van der Waals surface area contributed by atoms with Gasteiger partial charge in [-0.2, -0.15) is 0 Å². The molecule has 0 bridgehead atoms. The topological polar surface area (TPSA) is 82.3 Å². The second kappa shape index (κ2) is 3.19. The number of hydrogen-bond donors (Lipinski definition) is 1. The van der Waals surface area contributed by atoms with E-state index in [-0.39, 0.29) is 5.88 Å². The molecule has 0 fully saturated rings. The van der Waals surface area contributed by atoms with Gasteiger partial charge in [-0.15, -0.1) is 6.58 Å². The van der Waals surface area contributed by atoms with E-state index < -0.39 is 11.0 Å². The molecular formula is C7H8N2O3. The molecule has 0 radical (unpaired) electrons. The number of nitro groups is 1. The molecule has 0 saturated carbocycles. The zero-order chi connectivity index (χ0) is 9.14. The first-order chi connectivity index (χ1) is 5.65. The van der Waals surface area contributed by atoms with E-state index in [9.17, 15) is 10.1 Å². The van der Waals surface area contributed by atoms with Gasteiger partial charge < -0.3 is 10.2 Å². The fourth-order valence-electron chi connectivity index (χ4n) is 0.736. The van der Waals surface area contributed by atoms with Gasteiger partial charge in [0.1, 0.15) is 10.7 Å². The number of hydrogen-bond acceptors (Lipinski definition) is 4. The third kappa shape index (κ3) is 1.51. The molecule has 0 saturated heterocycles. The van der Waals surface area contributed by atoms with Gasteiger partial charge in [0.05, 0.1) is 12.1 Å². The first-order valence-corrected chi connectivity index (χ1v) is 3.27. The highest BCUT2D eigenvalue weighted by Crippen LogP contribution is 2.20. The van der Waals surface area contributed by atoms with Crippen molar-refractivity contribution in [1.82, 2.24) is 0 Å². The van der Waals surface area contributed by atoms with Crippen LogP contribution in [0.2, 0.25) is 0 Å². The minimum absolute atomic E-state index is 0.303. The second-order valence-corrected chi connectivity index (χ2v) is 2.19. The van der Waals surface area contributed by atoms with Crippen molar-refractivity contribution in [2.24, 2.45) is 5.73 Å². The molecule has 5 heteroatoms. The zero-order valence-electron chi connectivity index (χ0n) is 6.27. The molecule has 5 nitrogen and oxygen atoms in total. The van der Waals surface area contributed by atoms with Crippen LogP contribution in [0.3, 0.4) is 0 Å². The summed E-state index contributed by atoms with van der Waals surface area (Å²) in [5, 5.41) is 10.2. The van der Waals surface area contributed by atoms with Crippen molar-refractivity contribution in [3.8, 4) is 0 Å². The van der Waals surface area contributed by atoms with Crippen LogP contribution in [0, 0.1) is 10.1 Å². The van der Waals surface area contributed by atoms with Gasteiger partial charge in [-0.05, 0) is 6.07 Å². The monoisotopic (exact) mass is 168 g/mol. The van der Waals surface area contributed by atoms with Gasteiger partial charge in [0.2, 0.25) is 0 Å². The Balaban J connectivity index is 2.91. The molecule has 0 amide bonds. The quantitative estimate of drug-likeness (QED) is 0.419. The average Bonchev–Trinajstić information content (AvgIpc) is 2.51. The number of rotatable bonds is 3. The molecule has 1 rings (SSSR count). The summed E-state index contributed by atoms with van der Waals surface area (Å²) in [4.78, 5) is 9.56. The zero-order valence-corrected chi connectivity index (χ0v) is 6.27. The molecule has 1 aromatic heterocycles. The Kier molecular flexibility index (Phi) is 2.25. The minimum atomic E-state index is -0.612. The van der Waals surface area contributed by atoms with Crippen molar-refractivity contribution in [1.29, 1.82) is 0 Å². The lowest BCUT2D eigenvalue weighted by atomic mass is 10.2. The van der Waals surface area contributed by atoms with Crippen LogP contribution in [0.25, 0.3) is 0 Å². The Morgan fingerprint density at radius 2 is 2.42 bits per heavy atom. The summed E-state index contributed by atoms with van der Waals surface area (Å²) >= 11 is 0. The lowest BCUT2D eigenvalue weighted by Crippen LogP contribution is -2.04. The van der Waals surface area contributed by atoms with Crippen LogP contribution in [0.15, 0.2) is 29.2 Å². The molecule has 2 N–H and O–H groups in total. The Bertz CT molecular complexity index is 305. The fraction of sp³-hybridized carbons (Fsp3) is 0.143. The Labute approximate surface area is 68.6 Å². The van der Waals surface area contributed by atoms with E-state index in [4.69, 9.17) is 10.2 Å². The van der Waals surface area contributed by atoms with Crippen LogP contribution in [0.1, 0.15) is 11.8 Å². The summed E-state index contributed by atoms with van der Waals surface area (Å²) < 4.78 is 4.80. The van der Waals surface area contributed by atoms with Crippen LogP contribution in [-0.2, 0) is 0 Å². The summed E-state index contributed by atoms with van der Waals surface area (Å²) in [5.74, 6) is 0.0407. The van der Waals surface area contributed by atoms with Crippen LogP contribution < -0.4 is 5.73 Å². The maximum Gasteiger partial charge on any atom is 0.433 e. The lowest BCUT2D eigenvalue weighted by Gasteiger charge is -1.97. The Morgan fingerprint density at radius 3 is 2.83 bits per heavy atom. The van der Waals surface area contributed by atoms with E-state index in [0.29, 0.717) is 5.76 Å². The number of nitrogens with two attached hydrogens (primary N) is 1. The molecule has 0 aromatic carbocycles. The fourth-order valence-corrected chi connectivity index (χ4v) is 0.736. The summed E-state index contributed by atoms with van der Waals surface area (Å²) in [6.45, 7) is 3.44. The molecule has 0 unspecified atom stereocenters. The van der Waals surface area contributed by atoms with Gasteiger partial charge in [0.25, 0.3) is 0 Å². The van der Waals surface area contributed by atoms with Crippen molar-refractivity contribution in [3.63, 3.8) is 0 Å². The first-order valence-electron chi connectivity index (χ1n) is 3.27. The highest BCUT2D eigenvalue weighted by Gasteiger charge is 2.14. The molecule has 0 aliphatic carbocycles. The van der Waals surface area contributed by atoms with E-state index in [1.54, 1.807) is 0 Å². The highest BCUT2D eigenvalue weighted by atomic mass is 16.6. The van der Waals surface area contributed by atoms with E-state index >= 15 is 0 Å². The second-order valence-electron chi connectivity index (χ2n) is 2.19. The smallest absolute Gasteiger partial charge is 0.404 e. The molecule has 1 atom stereocenters. The van der Waals surface area contributed by atoms with Gasteiger partial charge in [0, 0.05) is 0 Å². The number of nitrogens with zero attached hydrogens (tertiary/aromatic N) is 1. The molecule has 1 heterocycles. The lowest BCUT2D eigenvalue weighted by molar-refractivity contribution is -0.402. The van der Waals surface area contributed by atoms with Crippen molar-refractivity contribution < 1.29 is 9.34 Å². The van der Waals surface area contributed by atoms with Crippen molar-refractivity contribution in [3.05, 3.63) is 40.7 Å². The van der Waals surface area contributed by atoms with Crippen molar-refractivity contribution in [2.75, 3.05) is 0 Å². The maximum absolute atomic E-state index is 10.2. The first kappa shape index (κ1) is 8.48. The van der Waals surface area contributed by atoms with Gasteiger partial charge >= 0.3 is 5.88 Å². The largest absolute Gasteiger partial charge is 0.433 e. The normalized spacial score (nSPS) is 12.4. The van der Waals surface area contributed by atoms with Crippen molar-refractivity contribution >= 4 is 5.88 Å². The Hall–Kier alpha value is -1.62. The molecule has 0 spiro atoms. The van der Waals surface area contributed by atoms with Gasteiger partial charge in [0.15, 0.2) is 0 Å². The predicted octanol–water partition coefficient (Wildman–Crippen LogP) is 1.37. The van der Waals surface area contributed by atoms with Gasteiger partial charge in [-0.3, -0.25) is 10.1 Å². The van der Waals surface area contributed by atoms with Crippen molar-refractivity contribution in [2.45, 2.75) is 6.04 Å². The van der Waals surface area contributed by atoms with E-state index in [1.807, 2.05) is 0 Å². The van der Waals surface area contributed by atoms with Crippen LogP contribution in [-0.4, -0.2) is 4.92 Å². The predicted molar refractivity (Wildman–Crippen MR) is 42.5 cm³/mol. The third-order valence-corrected chi connectivity index (χ3v) is 1.38. The summed E-state index contributed by atoms with van der Waals surface area (Å²) in [6, 6.07) is 2.24. The van der Waals surface area contributed by atoms with E-state index in [1.165, 1.54) is 18.2 Å². The van der Waals surface area contributed by atoms with Gasteiger partial charge in [-0.25, -0.2) is 0 Å². The van der Waals surface area contributed by atoms with Crippen LogP contribution in [0.4, 0.5) is 5.88 Å². The number of furan rings is 1. The van der Waals surface area contributed by atoms with Crippen LogP contribution >= 0.6 is 0 Å². The third-order valence-electron chi connectivity index (χ3n) is 1.38.